The van der Waals surface area contributed by atoms with Gasteiger partial charge in [0.1, 0.15) is 10.8 Å². The number of halogens is 3. The van der Waals surface area contributed by atoms with Crippen LogP contribution in [0.25, 0.3) is 0 Å². The Morgan fingerprint density at radius 1 is 1.25 bits per heavy atom. The standard InChI is InChI=1S/C14H18Cl3NO2/c1-5-9(13(19)18-14(2,3)4)20-10-7-6-8(15)11(16)12(10)17/h6-7,9H,5H2,1-4H3,(H,18,19). The van der Waals surface area contributed by atoms with Gasteiger partial charge in [-0.15, -0.1) is 0 Å². The third-order valence-electron chi connectivity index (χ3n) is 2.43. The maximum absolute atomic E-state index is 12.1. The molecule has 0 saturated carbocycles. The Morgan fingerprint density at radius 3 is 2.35 bits per heavy atom. The number of carbonyl (C=O) groups excluding carboxylic acids is 1. The van der Waals surface area contributed by atoms with Gasteiger partial charge in [0.25, 0.3) is 5.91 Å². The first-order valence-electron chi connectivity index (χ1n) is 6.28. The van der Waals surface area contributed by atoms with Crippen molar-refractivity contribution in [1.29, 1.82) is 0 Å². The van der Waals surface area contributed by atoms with E-state index in [1.165, 1.54) is 0 Å². The highest BCUT2D eigenvalue weighted by molar-refractivity contribution is 6.48. The molecule has 1 atom stereocenters. The van der Waals surface area contributed by atoms with E-state index < -0.39 is 6.10 Å². The summed E-state index contributed by atoms with van der Waals surface area (Å²) < 4.78 is 5.65. The number of hydrogen-bond donors (Lipinski definition) is 1. The molecule has 0 heterocycles. The molecule has 20 heavy (non-hydrogen) atoms. The van der Waals surface area contributed by atoms with Crippen molar-refractivity contribution in [3.63, 3.8) is 0 Å². The third-order valence-corrected chi connectivity index (χ3v) is 3.71. The topological polar surface area (TPSA) is 38.3 Å². The average Bonchev–Trinajstić information content (AvgIpc) is 2.33. The average molecular weight is 339 g/mol. The molecule has 0 bridgehead atoms. The smallest absolute Gasteiger partial charge is 0.261 e. The molecule has 1 N–H and O–H groups in total. The number of ether oxygens (including phenoxy) is 1. The fourth-order valence-electron chi connectivity index (χ4n) is 1.52. The van der Waals surface area contributed by atoms with E-state index in [1.54, 1.807) is 12.1 Å². The fraction of sp³-hybridized carbons (Fsp3) is 0.500. The van der Waals surface area contributed by atoms with E-state index in [0.717, 1.165) is 0 Å². The third kappa shape index (κ3) is 4.72. The number of hydrogen-bond acceptors (Lipinski definition) is 2. The number of amides is 1. The summed E-state index contributed by atoms with van der Waals surface area (Å²) in [4.78, 5) is 12.1. The largest absolute Gasteiger partial charge is 0.479 e. The molecule has 0 saturated heterocycles. The van der Waals surface area contributed by atoms with Crippen LogP contribution in [0, 0.1) is 0 Å². The van der Waals surface area contributed by atoms with Crippen molar-refractivity contribution in [1.82, 2.24) is 5.32 Å². The Kier molecular flexibility index (Phi) is 5.99. The van der Waals surface area contributed by atoms with Crippen LogP contribution >= 0.6 is 34.8 Å². The van der Waals surface area contributed by atoms with Gasteiger partial charge in [-0.25, -0.2) is 0 Å². The van der Waals surface area contributed by atoms with E-state index in [9.17, 15) is 4.79 Å². The number of carbonyl (C=O) groups is 1. The van der Waals surface area contributed by atoms with Crippen LogP contribution in [-0.2, 0) is 4.79 Å². The molecule has 1 aromatic rings. The van der Waals surface area contributed by atoms with Gasteiger partial charge in [0.2, 0.25) is 0 Å². The van der Waals surface area contributed by atoms with E-state index in [0.29, 0.717) is 17.2 Å². The second-order valence-corrected chi connectivity index (χ2v) is 6.59. The normalized spacial score (nSPS) is 12.9. The molecule has 1 amide bonds. The van der Waals surface area contributed by atoms with Crippen molar-refractivity contribution in [2.24, 2.45) is 0 Å². The fourth-order valence-corrected chi connectivity index (χ4v) is 2.10. The first kappa shape index (κ1) is 17.4. The van der Waals surface area contributed by atoms with Crippen molar-refractivity contribution in [3.8, 4) is 5.75 Å². The SMILES string of the molecule is CCC(Oc1ccc(Cl)c(Cl)c1Cl)C(=O)NC(C)(C)C. The molecule has 0 spiro atoms. The molecular weight excluding hydrogens is 321 g/mol. The lowest BCUT2D eigenvalue weighted by Gasteiger charge is -2.25. The number of rotatable bonds is 4. The minimum atomic E-state index is -0.635. The summed E-state index contributed by atoms with van der Waals surface area (Å²) in [5.41, 5.74) is -0.324. The lowest BCUT2D eigenvalue weighted by Crippen LogP contribution is -2.47. The van der Waals surface area contributed by atoms with Crippen LogP contribution in [0.3, 0.4) is 0 Å². The van der Waals surface area contributed by atoms with Crippen LogP contribution in [0.2, 0.25) is 15.1 Å². The first-order valence-corrected chi connectivity index (χ1v) is 7.41. The minimum Gasteiger partial charge on any atom is -0.479 e. The van der Waals surface area contributed by atoms with Gasteiger partial charge in [-0.2, -0.15) is 0 Å². The lowest BCUT2D eigenvalue weighted by atomic mass is 10.1. The van der Waals surface area contributed by atoms with E-state index in [4.69, 9.17) is 39.5 Å². The zero-order chi connectivity index (χ0) is 15.5. The molecule has 1 aromatic carbocycles. The highest BCUT2D eigenvalue weighted by Gasteiger charge is 2.24. The molecule has 0 aliphatic heterocycles. The Bertz CT molecular complexity index is 498. The van der Waals surface area contributed by atoms with Crippen molar-refractivity contribution < 1.29 is 9.53 Å². The predicted molar refractivity (Wildman–Crippen MR) is 84.1 cm³/mol. The molecule has 6 heteroatoms. The van der Waals surface area contributed by atoms with Crippen LogP contribution in [-0.4, -0.2) is 17.6 Å². The van der Waals surface area contributed by atoms with Gasteiger partial charge in [-0.05, 0) is 39.3 Å². The van der Waals surface area contributed by atoms with Crippen LogP contribution in [0.4, 0.5) is 0 Å². The minimum absolute atomic E-state index is 0.192. The Labute approximate surface area is 134 Å². The molecule has 112 valence electrons. The summed E-state index contributed by atoms with van der Waals surface area (Å²) in [5, 5.41) is 3.64. The first-order chi connectivity index (χ1) is 9.15. The monoisotopic (exact) mass is 337 g/mol. The predicted octanol–water partition coefficient (Wildman–Crippen LogP) is 4.72. The van der Waals surface area contributed by atoms with Gasteiger partial charge < -0.3 is 10.1 Å². The van der Waals surface area contributed by atoms with Gasteiger partial charge >= 0.3 is 0 Å². The summed E-state index contributed by atoms with van der Waals surface area (Å²) in [5.74, 6) is 0.152. The van der Waals surface area contributed by atoms with Gasteiger partial charge in [0.15, 0.2) is 6.10 Å². The maximum Gasteiger partial charge on any atom is 0.261 e. The van der Waals surface area contributed by atoms with E-state index in [-0.39, 0.29) is 21.5 Å². The molecule has 3 nitrogen and oxygen atoms in total. The van der Waals surface area contributed by atoms with Crippen LogP contribution in [0.5, 0.6) is 5.75 Å². The molecule has 0 aliphatic rings. The second kappa shape index (κ2) is 6.88. The number of nitrogens with one attached hydrogen (secondary N) is 1. The molecule has 0 fully saturated rings. The van der Waals surface area contributed by atoms with Gasteiger partial charge in [-0.1, -0.05) is 41.7 Å². The quantitative estimate of drug-likeness (QED) is 0.807. The Morgan fingerprint density at radius 2 is 1.85 bits per heavy atom. The summed E-state index contributed by atoms with van der Waals surface area (Å²) >= 11 is 17.9. The highest BCUT2D eigenvalue weighted by Crippen LogP contribution is 2.37. The van der Waals surface area contributed by atoms with Crippen molar-refractivity contribution in [2.75, 3.05) is 0 Å². The van der Waals surface area contributed by atoms with E-state index in [2.05, 4.69) is 5.32 Å². The molecule has 0 radical (unpaired) electrons. The zero-order valence-corrected chi connectivity index (χ0v) is 14.2. The van der Waals surface area contributed by atoms with Crippen LogP contribution in [0.1, 0.15) is 34.1 Å². The number of benzene rings is 1. The van der Waals surface area contributed by atoms with Gasteiger partial charge in [-0.3, -0.25) is 4.79 Å². The lowest BCUT2D eigenvalue weighted by molar-refractivity contribution is -0.129. The van der Waals surface area contributed by atoms with Crippen LogP contribution in [0.15, 0.2) is 12.1 Å². The zero-order valence-electron chi connectivity index (χ0n) is 11.9. The summed E-state index contributed by atoms with van der Waals surface area (Å²) in [6.07, 6.45) is -0.123. The molecule has 0 aliphatic carbocycles. The molecule has 1 rings (SSSR count). The van der Waals surface area contributed by atoms with Gasteiger partial charge in [0, 0.05) is 5.54 Å². The van der Waals surface area contributed by atoms with Crippen molar-refractivity contribution >= 4 is 40.7 Å². The molecule has 0 aromatic heterocycles. The Balaban J connectivity index is 2.89. The molecular formula is C14H18Cl3NO2. The maximum atomic E-state index is 12.1. The van der Waals surface area contributed by atoms with Gasteiger partial charge in [0.05, 0.1) is 10.0 Å². The van der Waals surface area contributed by atoms with Crippen molar-refractivity contribution in [2.45, 2.75) is 45.8 Å². The summed E-state index contributed by atoms with van der Waals surface area (Å²) in [6, 6.07) is 3.18. The summed E-state index contributed by atoms with van der Waals surface area (Å²) in [6.45, 7) is 7.58. The molecule has 1 unspecified atom stereocenters. The van der Waals surface area contributed by atoms with E-state index >= 15 is 0 Å². The van der Waals surface area contributed by atoms with E-state index in [1.807, 2.05) is 27.7 Å². The Hall–Kier alpha value is -0.640. The highest BCUT2D eigenvalue weighted by atomic mass is 35.5. The summed E-state index contributed by atoms with van der Waals surface area (Å²) in [7, 11) is 0. The van der Waals surface area contributed by atoms with Crippen LogP contribution < -0.4 is 10.1 Å². The van der Waals surface area contributed by atoms with Crippen molar-refractivity contribution in [3.05, 3.63) is 27.2 Å². The second-order valence-electron chi connectivity index (χ2n) is 5.43.